The van der Waals surface area contributed by atoms with Gasteiger partial charge in [0.1, 0.15) is 0 Å². The normalized spacial score (nSPS) is 15.0. The molecule has 162 valence electrons. The Kier molecular flexibility index (Phi) is 7.63. The monoisotopic (exact) mass is 469 g/mol. The lowest BCUT2D eigenvalue weighted by atomic mass is 10.2. The second-order valence-corrected chi connectivity index (χ2v) is 10.1. The first-order chi connectivity index (χ1) is 14.3. The summed E-state index contributed by atoms with van der Waals surface area (Å²) in [7, 11) is -1.92. The van der Waals surface area contributed by atoms with Gasteiger partial charge in [0.2, 0.25) is 10.0 Å². The molecule has 0 atom stereocenters. The summed E-state index contributed by atoms with van der Waals surface area (Å²) >= 11 is 12.0. The Balaban J connectivity index is 1.66. The number of nitrogens with one attached hydrogen (secondary N) is 1. The van der Waals surface area contributed by atoms with Crippen LogP contribution in [0.3, 0.4) is 0 Å². The van der Waals surface area contributed by atoms with E-state index in [2.05, 4.69) is 5.32 Å². The van der Waals surface area contributed by atoms with Gasteiger partial charge in [-0.05, 0) is 42.2 Å². The van der Waals surface area contributed by atoms with Crippen molar-refractivity contribution in [2.75, 3.05) is 20.1 Å². The molecule has 30 heavy (non-hydrogen) atoms. The first-order valence-electron chi connectivity index (χ1n) is 9.80. The number of sulfonamides is 1. The molecule has 9 heteroatoms. The Hall–Kier alpha value is -1.80. The quantitative estimate of drug-likeness (QED) is 0.676. The predicted molar refractivity (Wildman–Crippen MR) is 119 cm³/mol. The summed E-state index contributed by atoms with van der Waals surface area (Å²) in [4.78, 5) is 14.3. The van der Waals surface area contributed by atoms with Gasteiger partial charge in [0.25, 0.3) is 0 Å². The Morgan fingerprint density at radius 3 is 2.47 bits per heavy atom. The molecule has 0 bridgehead atoms. The van der Waals surface area contributed by atoms with Gasteiger partial charge < -0.3 is 10.2 Å². The first-order valence-corrected chi connectivity index (χ1v) is 12.0. The smallest absolute Gasteiger partial charge is 0.317 e. The molecule has 0 radical (unpaired) electrons. The second kappa shape index (κ2) is 10.0. The van der Waals surface area contributed by atoms with E-state index in [1.54, 1.807) is 49.5 Å². The third-order valence-electron chi connectivity index (χ3n) is 5.09. The van der Waals surface area contributed by atoms with Crippen molar-refractivity contribution >= 4 is 39.3 Å². The van der Waals surface area contributed by atoms with Crippen LogP contribution in [0.25, 0.3) is 0 Å². The number of urea groups is 1. The van der Waals surface area contributed by atoms with Crippen molar-refractivity contribution in [3.8, 4) is 0 Å². The summed E-state index contributed by atoms with van der Waals surface area (Å²) in [6.45, 7) is 1.54. The third kappa shape index (κ3) is 5.46. The van der Waals surface area contributed by atoms with Crippen LogP contribution in [0, 0.1) is 0 Å². The minimum Gasteiger partial charge on any atom is -0.334 e. The molecule has 2 aromatic carbocycles. The molecule has 0 aliphatic carbocycles. The van der Waals surface area contributed by atoms with Gasteiger partial charge in [0.15, 0.2) is 0 Å². The summed E-state index contributed by atoms with van der Waals surface area (Å²) < 4.78 is 27.7. The lowest BCUT2D eigenvalue weighted by Crippen LogP contribution is -2.38. The number of carbonyl (C=O) groups is 1. The van der Waals surface area contributed by atoms with Crippen molar-refractivity contribution in [2.24, 2.45) is 0 Å². The largest absolute Gasteiger partial charge is 0.334 e. The zero-order valence-corrected chi connectivity index (χ0v) is 19.1. The number of hydrogen-bond acceptors (Lipinski definition) is 3. The topological polar surface area (TPSA) is 69.7 Å². The van der Waals surface area contributed by atoms with Crippen molar-refractivity contribution in [2.45, 2.75) is 37.2 Å². The highest BCUT2D eigenvalue weighted by molar-refractivity contribution is 7.89. The summed E-state index contributed by atoms with van der Waals surface area (Å²) in [5, 5.41) is 3.69. The molecule has 3 rings (SSSR count). The van der Waals surface area contributed by atoms with Gasteiger partial charge in [-0.2, -0.15) is 4.31 Å². The van der Waals surface area contributed by atoms with Crippen LogP contribution in [-0.2, 0) is 23.1 Å². The first kappa shape index (κ1) is 22.9. The van der Waals surface area contributed by atoms with Crippen LogP contribution in [-0.4, -0.2) is 43.8 Å². The highest BCUT2D eigenvalue weighted by Gasteiger charge is 2.28. The molecule has 2 amide bonds. The number of amides is 2. The lowest BCUT2D eigenvalue weighted by Gasteiger charge is -2.27. The zero-order valence-electron chi connectivity index (χ0n) is 16.8. The van der Waals surface area contributed by atoms with Crippen molar-refractivity contribution < 1.29 is 13.2 Å². The lowest BCUT2D eigenvalue weighted by molar-refractivity contribution is 0.206. The number of benzene rings is 2. The Morgan fingerprint density at radius 1 is 1.07 bits per heavy atom. The maximum absolute atomic E-state index is 13.1. The standard InChI is InChI=1S/C21H25Cl2N3O3S/c1-25(15-16-9-10-18(22)19(23)13-16)21(27)24-14-17-7-3-4-8-20(17)30(28,29)26-11-5-2-6-12-26/h3-4,7-10,13H,2,5-6,11-12,14-15H2,1H3,(H,24,27). The minimum absolute atomic E-state index is 0.119. The van der Waals surface area contributed by atoms with E-state index in [4.69, 9.17) is 23.2 Å². The van der Waals surface area contributed by atoms with Crippen LogP contribution in [0.4, 0.5) is 4.79 Å². The van der Waals surface area contributed by atoms with Gasteiger partial charge in [-0.25, -0.2) is 13.2 Å². The van der Waals surface area contributed by atoms with E-state index in [1.807, 2.05) is 0 Å². The van der Waals surface area contributed by atoms with Crippen LogP contribution in [0.1, 0.15) is 30.4 Å². The average Bonchev–Trinajstić information content (AvgIpc) is 2.75. The maximum atomic E-state index is 13.1. The molecule has 1 fully saturated rings. The Labute approximate surface area is 187 Å². The fraction of sp³-hybridized carbons (Fsp3) is 0.381. The number of carbonyl (C=O) groups excluding carboxylic acids is 1. The molecule has 1 aliphatic rings. The molecule has 1 aliphatic heterocycles. The van der Waals surface area contributed by atoms with Gasteiger partial charge in [0.05, 0.1) is 14.9 Å². The van der Waals surface area contributed by atoms with Gasteiger partial charge in [-0.1, -0.05) is 53.9 Å². The van der Waals surface area contributed by atoms with Crippen LogP contribution >= 0.6 is 23.2 Å². The van der Waals surface area contributed by atoms with Crippen molar-refractivity contribution in [1.82, 2.24) is 14.5 Å². The summed E-state index contributed by atoms with van der Waals surface area (Å²) in [5.41, 5.74) is 1.41. The summed E-state index contributed by atoms with van der Waals surface area (Å²) in [5.74, 6) is 0. The van der Waals surface area contributed by atoms with Gasteiger partial charge >= 0.3 is 6.03 Å². The molecule has 1 saturated heterocycles. The zero-order chi connectivity index (χ0) is 21.7. The Morgan fingerprint density at radius 2 is 1.77 bits per heavy atom. The number of piperidine rings is 1. The number of nitrogens with zero attached hydrogens (tertiary/aromatic N) is 2. The van der Waals surface area contributed by atoms with E-state index in [-0.39, 0.29) is 17.5 Å². The molecule has 0 saturated carbocycles. The summed E-state index contributed by atoms with van der Waals surface area (Å²) in [6.07, 6.45) is 2.80. The van der Waals surface area contributed by atoms with E-state index in [0.29, 0.717) is 35.2 Å². The van der Waals surface area contributed by atoms with E-state index in [0.717, 1.165) is 24.8 Å². The van der Waals surface area contributed by atoms with Crippen molar-refractivity contribution in [3.05, 3.63) is 63.6 Å². The molecule has 1 N–H and O–H groups in total. The summed E-state index contributed by atoms with van der Waals surface area (Å²) in [6, 6.07) is 11.7. The molecule has 1 heterocycles. The number of rotatable bonds is 6. The SMILES string of the molecule is CN(Cc1ccc(Cl)c(Cl)c1)C(=O)NCc1ccccc1S(=O)(=O)N1CCCCC1. The van der Waals surface area contributed by atoms with Crippen molar-refractivity contribution in [1.29, 1.82) is 0 Å². The molecule has 2 aromatic rings. The molecule has 0 unspecified atom stereocenters. The van der Waals surface area contributed by atoms with Gasteiger partial charge in [-0.3, -0.25) is 0 Å². The highest BCUT2D eigenvalue weighted by atomic mass is 35.5. The Bertz CT molecular complexity index is 1010. The fourth-order valence-electron chi connectivity index (χ4n) is 3.44. The fourth-order valence-corrected chi connectivity index (χ4v) is 5.50. The molecule has 0 spiro atoms. The number of hydrogen-bond donors (Lipinski definition) is 1. The molecular formula is C21H25Cl2N3O3S. The van der Waals surface area contributed by atoms with E-state index in [1.165, 1.54) is 9.21 Å². The predicted octanol–water partition coefficient (Wildman–Crippen LogP) is 4.51. The second-order valence-electron chi connectivity index (χ2n) is 7.34. The van der Waals surface area contributed by atoms with Gasteiger partial charge in [0, 0.05) is 33.2 Å². The molecular weight excluding hydrogens is 445 g/mol. The van der Waals surface area contributed by atoms with Gasteiger partial charge in [-0.15, -0.1) is 0 Å². The van der Waals surface area contributed by atoms with E-state index < -0.39 is 10.0 Å². The van der Waals surface area contributed by atoms with Crippen LogP contribution in [0.15, 0.2) is 47.4 Å². The van der Waals surface area contributed by atoms with Crippen LogP contribution in [0.5, 0.6) is 0 Å². The third-order valence-corrected chi connectivity index (χ3v) is 7.82. The average molecular weight is 470 g/mol. The number of halogens is 2. The highest BCUT2D eigenvalue weighted by Crippen LogP contribution is 2.24. The van der Waals surface area contributed by atoms with Crippen LogP contribution in [0.2, 0.25) is 10.0 Å². The van der Waals surface area contributed by atoms with E-state index >= 15 is 0 Å². The molecule has 6 nitrogen and oxygen atoms in total. The minimum atomic E-state index is -3.58. The maximum Gasteiger partial charge on any atom is 0.317 e. The molecule has 0 aromatic heterocycles. The van der Waals surface area contributed by atoms with Crippen molar-refractivity contribution in [3.63, 3.8) is 0 Å². The van der Waals surface area contributed by atoms with E-state index in [9.17, 15) is 13.2 Å². The van der Waals surface area contributed by atoms with Crippen LogP contribution < -0.4 is 5.32 Å².